The zero-order valence-corrected chi connectivity index (χ0v) is 28.5. The highest BCUT2D eigenvalue weighted by molar-refractivity contribution is 5.98. The molecule has 3 heterocycles. The van der Waals surface area contributed by atoms with Gasteiger partial charge >= 0.3 is 11.9 Å². The van der Waals surface area contributed by atoms with Gasteiger partial charge < -0.3 is 39.0 Å². The summed E-state index contributed by atoms with van der Waals surface area (Å²) < 4.78 is 28.5. The molecule has 3 aliphatic heterocycles. The summed E-state index contributed by atoms with van der Waals surface area (Å²) in [6, 6.07) is 5.86. The van der Waals surface area contributed by atoms with E-state index in [1.807, 2.05) is 18.2 Å². The summed E-state index contributed by atoms with van der Waals surface area (Å²) in [5.41, 5.74) is 1.06. The van der Waals surface area contributed by atoms with Gasteiger partial charge in [0.1, 0.15) is 36.7 Å². The van der Waals surface area contributed by atoms with E-state index < -0.39 is 53.8 Å². The van der Waals surface area contributed by atoms with Crippen LogP contribution >= 0.6 is 0 Å². The first-order valence-electron chi connectivity index (χ1n) is 17.5. The van der Waals surface area contributed by atoms with Gasteiger partial charge in [-0.3, -0.25) is 14.4 Å². The van der Waals surface area contributed by atoms with Crippen LogP contribution in [0.1, 0.15) is 88.1 Å². The number of esters is 2. The lowest BCUT2D eigenvalue weighted by atomic mass is 9.88. The average molecular weight is 681 g/mol. The van der Waals surface area contributed by atoms with Crippen molar-refractivity contribution in [1.29, 1.82) is 0 Å². The van der Waals surface area contributed by atoms with Gasteiger partial charge in [-0.1, -0.05) is 24.3 Å². The van der Waals surface area contributed by atoms with Crippen LogP contribution in [0.2, 0.25) is 0 Å². The highest BCUT2D eigenvalue weighted by Gasteiger charge is 2.45. The molecular weight excluding hydrogens is 632 g/mol. The number of amides is 2. The molecule has 1 aromatic carbocycles. The number of epoxide rings is 1. The number of allylic oxidation sites excluding steroid dienone is 1. The summed E-state index contributed by atoms with van der Waals surface area (Å²) in [5, 5.41) is 12.7. The Hall–Kier alpha value is -3.58. The van der Waals surface area contributed by atoms with E-state index in [0.29, 0.717) is 48.6 Å². The van der Waals surface area contributed by atoms with Crippen molar-refractivity contribution >= 4 is 29.8 Å². The van der Waals surface area contributed by atoms with Crippen molar-refractivity contribution in [2.24, 2.45) is 5.92 Å². The van der Waals surface area contributed by atoms with Gasteiger partial charge in [0.15, 0.2) is 0 Å². The zero-order valence-electron chi connectivity index (χ0n) is 28.5. The topological polar surface area (TPSA) is 153 Å². The largest absolute Gasteiger partial charge is 0.460 e. The summed E-state index contributed by atoms with van der Waals surface area (Å²) in [4.78, 5) is 54.3. The summed E-state index contributed by atoms with van der Waals surface area (Å²) in [5.74, 6) is -1.20. The van der Waals surface area contributed by atoms with Gasteiger partial charge in [0.25, 0.3) is 0 Å². The Bertz CT molecular complexity index is 1470. The molecule has 12 heteroatoms. The minimum atomic E-state index is -0.765. The van der Waals surface area contributed by atoms with E-state index in [4.69, 9.17) is 23.7 Å². The quantitative estimate of drug-likeness (QED) is 0.263. The molecule has 8 unspecified atom stereocenters. The van der Waals surface area contributed by atoms with Crippen molar-refractivity contribution in [3.05, 3.63) is 53.1 Å². The van der Waals surface area contributed by atoms with Crippen LogP contribution in [-0.4, -0.2) is 102 Å². The van der Waals surface area contributed by atoms with Gasteiger partial charge in [-0.05, 0) is 89.0 Å². The molecule has 2 amide bonds. The number of hydrogen-bond donors (Lipinski definition) is 2. The number of nitrogens with zero attached hydrogens (tertiary/aromatic N) is 1. The van der Waals surface area contributed by atoms with Gasteiger partial charge in [-0.15, -0.1) is 0 Å². The average Bonchev–Trinajstić information content (AvgIpc) is 3.41. The first-order valence-corrected chi connectivity index (χ1v) is 17.5. The molecule has 0 radical (unpaired) electrons. The molecule has 2 aliphatic carbocycles. The minimum absolute atomic E-state index is 0.00995. The molecule has 1 saturated carbocycles. The second-order valence-electron chi connectivity index (χ2n) is 14.7. The van der Waals surface area contributed by atoms with Crippen LogP contribution < -0.4 is 5.32 Å². The number of carbonyl (C=O) groups is 4. The molecule has 266 valence electrons. The van der Waals surface area contributed by atoms with E-state index in [-0.39, 0.29) is 38.6 Å². The van der Waals surface area contributed by atoms with E-state index in [9.17, 15) is 24.3 Å². The summed E-state index contributed by atoms with van der Waals surface area (Å²) >= 11 is 0. The molecule has 5 aliphatic rings. The van der Waals surface area contributed by atoms with Gasteiger partial charge in [0, 0.05) is 25.0 Å². The Morgan fingerprint density at radius 3 is 2.73 bits per heavy atom. The molecule has 0 aromatic heterocycles. The minimum Gasteiger partial charge on any atom is -0.460 e. The SMILES string of the molecule is CC(C)(C)OC(=O)CCC(CO)NC(=O)C1CCCN1C(=O)C1=CC2OCOC2C(OC(=O)c2cccc(C=CC3CCC4OC4C3)c2)C1. The van der Waals surface area contributed by atoms with Crippen molar-refractivity contribution in [2.45, 2.75) is 120 Å². The van der Waals surface area contributed by atoms with E-state index in [2.05, 4.69) is 11.4 Å². The van der Waals surface area contributed by atoms with Crippen LogP contribution in [0.4, 0.5) is 0 Å². The molecule has 4 fully saturated rings. The van der Waals surface area contributed by atoms with Gasteiger partial charge in [-0.2, -0.15) is 0 Å². The first kappa shape index (κ1) is 35.3. The van der Waals surface area contributed by atoms with Crippen molar-refractivity contribution in [1.82, 2.24) is 10.2 Å². The van der Waals surface area contributed by atoms with Crippen molar-refractivity contribution in [3.63, 3.8) is 0 Å². The Morgan fingerprint density at radius 1 is 1.12 bits per heavy atom. The zero-order chi connectivity index (χ0) is 34.7. The van der Waals surface area contributed by atoms with Crippen molar-refractivity contribution in [2.75, 3.05) is 19.9 Å². The molecule has 12 nitrogen and oxygen atoms in total. The number of aliphatic hydroxyl groups excluding tert-OH is 1. The Morgan fingerprint density at radius 2 is 1.96 bits per heavy atom. The normalized spacial score (nSPS) is 29.8. The predicted octanol–water partition coefficient (Wildman–Crippen LogP) is 3.45. The number of ether oxygens (including phenoxy) is 5. The van der Waals surface area contributed by atoms with E-state index in [0.717, 1.165) is 24.8 Å². The van der Waals surface area contributed by atoms with Crippen LogP contribution in [0, 0.1) is 5.92 Å². The number of rotatable bonds is 11. The Kier molecular flexibility index (Phi) is 10.9. The third-order valence-electron chi connectivity index (χ3n) is 9.76. The predicted molar refractivity (Wildman–Crippen MR) is 177 cm³/mol. The molecule has 3 saturated heterocycles. The fourth-order valence-electron chi connectivity index (χ4n) is 7.20. The lowest BCUT2D eigenvalue weighted by molar-refractivity contribution is -0.155. The van der Waals surface area contributed by atoms with Crippen LogP contribution in [-0.2, 0) is 38.1 Å². The van der Waals surface area contributed by atoms with Gasteiger partial charge in [-0.25, -0.2) is 4.79 Å². The third kappa shape index (κ3) is 8.97. The number of aliphatic hydroxyl groups is 1. The maximum Gasteiger partial charge on any atom is 0.338 e. The second kappa shape index (κ2) is 15.1. The van der Waals surface area contributed by atoms with E-state index >= 15 is 0 Å². The van der Waals surface area contributed by atoms with Crippen LogP contribution in [0.3, 0.4) is 0 Å². The van der Waals surface area contributed by atoms with Gasteiger partial charge in [0.2, 0.25) is 11.8 Å². The van der Waals surface area contributed by atoms with E-state index in [1.54, 1.807) is 39.0 Å². The second-order valence-corrected chi connectivity index (χ2v) is 14.7. The Balaban J connectivity index is 1.06. The highest BCUT2D eigenvalue weighted by atomic mass is 16.7. The number of likely N-dealkylation sites (tertiary alicyclic amines) is 1. The van der Waals surface area contributed by atoms with Crippen molar-refractivity contribution in [3.8, 4) is 0 Å². The molecule has 49 heavy (non-hydrogen) atoms. The maximum absolute atomic E-state index is 13.9. The summed E-state index contributed by atoms with van der Waals surface area (Å²) in [6.07, 6.45) is 9.55. The number of fused-ring (bicyclic) bond motifs is 2. The lowest BCUT2D eigenvalue weighted by Gasteiger charge is -2.33. The van der Waals surface area contributed by atoms with Crippen LogP contribution in [0.5, 0.6) is 0 Å². The number of hydrogen-bond acceptors (Lipinski definition) is 10. The molecule has 0 bridgehead atoms. The third-order valence-corrected chi connectivity index (χ3v) is 9.76. The first-order chi connectivity index (χ1) is 23.5. The molecular formula is C37H48N2O10. The number of benzene rings is 1. The maximum atomic E-state index is 13.9. The van der Waals surface area contributed by atoms with Crippen molar-refractivity contribution < 1.29 is 48.0 Å². The fraction of sp³-hybridized carbons (Fsp3) is 0.622. The monoisotopic (exact) mass is 680 g/mol. The lowest BCUT2D eigenvalue weighted by Crippen LogP contribution is -2.51. The molecule has 2 N–H and O–H groups in total. The molecule has 8 atom stereocenters. The highest BCUT2D eigenvalue weighted by Crippen LogP contribution is 2.40. The standard InChI is InChI=1S/C37H48N2O10/c1-37(2,3)49-32(41)14-12-26(20-40)38-34(42)27-8-5-15-39(27)35(43)25-18-30-33(46-21-45-30)31(19-25)48-36(44)24-7-4-6-22(16-24)9-10-23-11-13-28-29(17-23)47-28/h4,6-7,9-10,16,18,23,26-31,33,40H,5,8,11-15,17,19-21H2,1-3H3,(H,38,42). The molecule has 1 aromatic rings. The van der Waals surface area contributed by atoms with Crippen LogP contribution in [0.25, 0.3) is 6.08 Å². The number of nitrogens with one attached hydrogen (secondary N) is 1. The Labute approximate surface area is 287 Å². The van der Waals surface area contributed by atoms with Crippen LogP contribution in [0.15, 0.2) is 42.0 Å². The number of carbonyl (C=O) groups excluding carboxylic acids is 4. The summed E-state index contributed by atoms with van der Waals surface area (Å²) in [6.45, 7) is 5.35. The smallest absolute Gasteiger partial charge is 0.338 e. The van der Waals surface area contributed by atoms with E-state index in [1.165, 1.54) is 4.90 Å². The van der Waals surface area contributed by atoms with Gasteiger partial charge in [0.05, 0.1) is 30.4 Å². The molecule has 6 rings (SSSR count). The molecule has 0 spiro atoms. The fourth-order valence-corrected chi connectivity index (χ4v) is 7.20. The summed E-state index contributed by atoms with van der Waals surface area (Å²) in [7, 11) is 0.